The predicted molar refractivity (Wildman–Crippen MR) is 115 cm³/mol. The summed E-state index contributed by atoms with van der Waals surface area (Å²) in [6.07, 6.45) is -0.955. The molecule has 1 heterocycles. The average molecular weight is 423 g/mol. The fraction of sp³-hybridized carbons (Fsp3) is 0.174. The highest BCUT2D eigenvalue weighted by Gasteiger charge is 2.37. The standard InChI is InChI=1S/C23H22N2O4S/c1-17-11-13-19(14-12-17)30(27,28)25-16-22(29-21-10-6-5-9-20(21)25)23(26)24-15-18-7-3-2-4-8-18/h2-14,22H,15-16H2,1H3,(H,24,26)/t22-/m1/s1. The van der Waals surface area contributed by atoms with Crippen molar-refractivity contribution in [1.29, 1.82) is 0 Å². The lowest BCUT2D eigenvalue weighted by atomic mass is 10.2. The number of carbonyl (C=O) groups is 1. The van der Waals surface area contributed by atoms with E-state index >= 15 is 0 Å². The second-order valence-electron chi connectivity index (χ2n) is 7.13. The second-order valence-corrected chi connectivity index (χ2v) is 8.99. The Balaban J connectivity index is 1.60. The quantitative estimate of drug-likeness (QED) is 0.685. The van der Waals surface area contributed by atoms with E-state index in [-0.39, 0.29) is 17.3 Å². The van der Waals surface area contributed by atoms with Crippen LogP contribution in [0.1, 0.15) is 11.1 Å². The lowest BCUT2D eigenvalue weighted by Crippen LogP contribution is -2.50. The molecule has 1 aliphatic rings. The van der Waals surface area contributed by atoms with E-state index in [4.69, 9.17) is 4.74 Å². The van der Waals surface area contributed by atoms with E-state index in [9.17, 15) is 13.2 Å². The molecule has 0 unspecified atom stereocenters. The predicted octanol–water partition coefficient (Wildman–Crippen LogP) is 3.27. The first kappa shape index (κ1) is 20.0. The van der Waals surface area contributed by atoms with Crippen LogP contribution >= 0.6 is 0 Å². The van der Waals surface area contributed by atoms with Crippen molar-refractivity contribution in [2.75, 3.05) is 10.8 Å². The van der Waals surface area contributed by atoms with Gasteiger partial charge in [0.25, 0.3) is 15.9 Å². The monoisotopic (exact) mass is 422 g/mol. The number of rotatable bonds is 5. The van der Waals surface area contributed by atoms with Crippen molar-refractivity contribution in [3.05, 3.63) is 90.0 Å². The summed E-state index contributed by atoms with van der Waals surface area (Å²) in [4.78, 5) is 13.0. The summed E-state index contributed by atoms with van der Waals surface area (Å²) in [6, 6.07) is 23.0. The van der Waals surface area contributed by atoms with Gasteiger partial charge in [0, 0.05) is 6.54 Å². The number of hydrogen-bond acceptors (Lipinski definition) is 4. The zero-order valence-electron chi connectivity index (χ0n) is 16.5. The third-order valence-electron chi connectivity index (χ3n) is 4.95. The Bertz CT molecular complexity index is 1150. The minimum atomic E-state index is -3.85. The maximum Gasteiger partial charge on any atom is 0.264 e. The van der Waals surface area contributed by atoms with E-state index in [2.05, 4.69) is 5.32 Å². The molecule has 0 aromatic heterocycles. The summed E-state index contributed by atoms with van der Waals surface area (Å²) < 4.78 is 33.8. The van der Waals surface area contributed by atoms with E-state index in [0.717, 1.165) is 11.1 Å². The van der Waals surface area contributed by atoms with Crippen molar-refractivity contribution < 1.29 is 17.9 Å². The van der Waals surface area contributed by atoms with Gasteiger partial charge in [-0.1, -0.05) is 60.2 Å². The van der Waals surface area contributed by atoms with Crippen molar-refractivity contribution in [3.63, 3.8) is 0 Å². The number of hydrogen-bond donors (Lipinski definition) is 1. The maximum absolute atomic E-state index is 13.3. The summed E-state index contributed by atoms with van der Waals surface area (Å²) in [5.74, 6) is -0.00300. The molecule has 1 atom stereocenters. The van der Waals surface area contributed by atoms with Gasteiger partial charge in [0.1, 0.15) is 5.75 Å². The van der Waals surface area contributed by atoms with E-state index in [0.29, 0.717) is 18.0 Å². The maximum atomic E-state index is 13.3. The fourth-order valence-corrected chi connectivity index (χ4v) is 4.78. The van der Waals surface area contributed by atoms with Crippen LogP contribution in [0.25, 0.3) is 0 Å². The number of aryl methyl sites for hydroxylation is 1. The van der Waals surface area contributed by atoms with Crippen molar-refractivity contribution in [2.45, 2.75) is 24.5 Å². The smallest absolute Gasteiger partial charge is 0.264 e. The first-order valence-electron chi connectivity index (χ1n) is 9.62. The lowest BCUT2D eigenvalue weighted by molar-refractivity contribution is -0.127. The molecule has 30 heavy (non-hydrogen) atoms. The molecule has 0 saturated heterocycles. The topological polar surface area (TPSA) is 75.7 Å². The van der Waals surface area contributed by atoms with Crippen LogP contribution in [0.5, 0.6) is 5.75 Å². The number of nitrogens with zero attached hydrogens (tertiary/aromatic N) is 1. The Kier molecular flexibility index (Phi) is 5.46. The van der Waals surface area contributed by atoms with Crippen LogP contribution in [0.2, 0.25) is 0 Å². The van der Waals surface area contributed by atoms with Crippen molar-refractivity contribution in [3.8, 4) is 5.75 Å². The molecule has 0 aliphatic carbocycles. The van der Waals surface area contributed by atoms with Gasteiger partial charge < -0.3 is 10.1 Å². The fourth-order valence-electron chi connectivity index (χ4n) is 3.30. The molecule has 3 aromatic rings. The highest BCUT2D eigenvalue weighted by molar-refractivity contribution is 7.92. The Labute approximate surface area is 176 Å². The summed E-state index contributed by atoms with van der Waals surface area (Å²) in [7, 11) is -3.85. The lowest BCUT2D eigenvalue weighted by Gasteiger charge is -2.34. The molecule has 3 aromatic carbocycles. The van der Waals surface area contributed by atoms with Crippen LogP contribution in [-0.2, 0) is 21.4 Å². The molecular formula is C23H22N2O4S. The molecule has 154 valence electrons. The number of carbonyl (C=O) groups excluding carboxylic acids is 1. The number of fused-ring (bicyclic) bond motifs is 1. The van der Waals surface area contributed by atoms with E-state index in [1.807, 2.05) is 37.3 Å². The SMILES string of the molecule is Cc1ccc(S(=O)(=O)N2C[C@H](C(=O)NCc3ccccc3)Oc3ccccc32)cc1. The van der Waals surface area contributed by atoms with Gasteiger partial charge in [-0.25, -0.2) is 8.42 Å². The van der Waals surface area contributed by atoms with Crippen LogP contribution < -0.4 is 14.4 Å². The number of ether oxygens (including phenoxy) is 1. The molecule has 1 amide bonds. The number of para-hydroxylation sites is 2. The number of anilines is 1. The van der Waals surface area contributed by atoms with Crippen molar-refractivity contribution >= 4 is 21.6 Å². The van der Waals surface area contributed by atoms with Crippen LogP contribution in [0.3, 0.4) is 0 Å². The number of sulfonamides is 1. The van der Waals surface area contributed by atoms with Gasteiger partial charge in [0.2, 0.25) is 0 Å². The summed E-state index contributed by atoms with van der Waals surface area (Å²) >= 11 is 0. The number of amides is 1. The largest absolute Gasteiger partial charge is 0.476 e. The summed E-state index contributed by atoms with van der Waals surface area (Å²) in [6.45, 7) is 2.13. The number of benzene rings is 3. The van der Waals surface area contributed by atoms with Crippen LogP contribution in [0, 0.1) is 6.92 Å². The van der Waals surface area contributed by atoms with Gasteiger partial charge in [-0.3, -0.25) is 9.10 Å². The van der Waals surface area contributed by atoms with Crippen molar-refractivity contribution in [2.24, 2.45) is 0 Å². The molecule has 1 aliphatic heterocycles. The van der Waals surface area contributed by atoms with E-state index < -0.39 is 16.1 Å². The Morgan fingerprint density at radius 2 is 1.67 bits per heavy atom. The molecule has 6 nitrogen and oxygen atoms in total. The first-order valence-corrected chi connectivity index (χ1v) is 11.1. The van der Waals surface area contributed by atoms with Crippen LogP contribution in [0.4, 0.5) is 5.69 Å². The van der Waals surface area contributed by atoms with Gasteiger partial charge in [-0.05, 0) is 36.8 Å². The zero-order chi connectivity index (χ0) is 21.1. The molecule has 0 fully saturated rings. The highest BCUT2D eigenvalue weighted by Crippen LogP contribution is 2.36. The first-order chi connectivity index (χ1) is 14.4. The minimum absolute atomic E-state index is 0.103. The van der Waals surface area contributed by atoms with Gasteiger partial charge in [0.05, 0.1) is 17.1 Å². The van der Waals surface area contributed by atoms with Gasteiger partial charge in [0.15, 0.2) is 6.10 Å². The zero-order valence-corrected chi connectivity index (χ0v) is 17.3. The molecule has 0 bridgehead atoms. The minimum Gasteiger partial charge on any atom is -0.476 e. The summed E-state index contributed by atoms with van der Waals surface area (Å²) in [5.41, 5.74) is 2.34. The Morgan fingerprint density at radius 1 is 1.00 bits per heavy atom. The molecule has 0 spiro atoms. The van der Waals surface area contributed by atoms with Crippen molar-refractivity contribution in [1.82, 2.24) is 5.32 Å². The highest BCUT2D eigenvalue weighted by atomic mass is 32.2. The molecule has 0 radical (unpaired) electrons. The average Bonchev–Trinajstić information content (AvgIpc) is 2.77. The van der Waals surface area contributed by atoms with Gasteiger partial charge in [-0.2, -0.15) is 0 Å². The summed E-state index contributed by atoms with van der Waals surface area (Å²) in [5, 5.41) is 2.83. The third kappa shape index (κ3) is 4.02. The molecule has 4 rings (SSSR count). The van der Waals surface area contributed by atoms with Crippen LogP contribution in [0.15, 0.2) is 83.8 Å². The van der Waals surface area contributed by atoms with E-state index in [1.165, 1.54) is 4.31 Å². The van der Waals surface area contributed by atoms with Gasteiger partial charge in [-0.15, -0.1) is 0 Å². The Morgan fingerprint density at radius 3 is 2.40 bits per heavy atom. The van der Waals surface area contributed by atoms with Gasteiger partial charge >= 0.3 is 0 Å². The molecule has 7 heteroatoms. The van der Waals surface area contributed by atoms with E-state index in [1.54, 1.807) is 48.5 Å². The normalized spacial score (nSPS) is 15.8. The second kappa shape index (κ2) is 8.20. The molecular weight excluding hydrogens is 400 g/mol. The Hall–Kier alpha value is -3.32. The van der Waals surface area contributed by atoms with Crippen LogP contribution in [-0.4, -0.2) is 27.0 Å². The number of nitrogens with one attached hydrogen (secondary N) is 1. The molecule has 1 N–H and O–H groups in total. The molecule has 0 saturated carbocycles. The third-order valence-corrected chi connectivity index (χ3v) is 6.74.